The molecule has 1 N–H and O–H groups in total. The van der Waals surface area contributed by atoms with Crippen molar-refractivity contribution < 1.29 is 18.3 Å². The number of amides is 1. The minimum atomic E-state index is -3.09. The van der Waals surface area contributed by atoms with Crippen LogP contribution in [0.4, 0.5) is 5.69 Å². The summed E-state index contributed by atoms with van der Waals surface area (Å²) in [6.07, 6.45) is 0.686. The molecule has 1 saturated heterocycles. The molecule has 0 saturated carbocycles. The maximum atomic E-state index is 12.2. The lowest BCUT2D eigenvalue weighted by atomic mass is 10.1. The lowest BCUT2D eigenvalue weighted by molar-refractivity contribution is -0.118. The quantitative estimate of drug-likeness (QED) is 0.920. The molecule has 1 amide bonds. The highest BCUT2D eigenvalue weighted by molar-refractivity contribution is 7.91. The van der Waals surface area contributed by atoms with Gasteiger partial charge in [0.05, 0.1) is 23.2 Å². The van der Waals surface area contributed by atoms with Gasteiger partial charge < -0.3 is 10.0 Å². The third-order valence-electron chi connectivity index (χ3n) is 3.54. The fraction of sp³-hybridized carbons (Fsp3) is 0.500. The molecule has 5 nitrogen and oxygen atoms in total. The van der Waals surface area contributed by atoms with Crippen molar-refractivity contribution in [1.29, 1.82) is 0 Å². The number of hydrogen-bond acceptors (Lipinski definition) is 4. The average Bonchev–Trinajstić information content (AvgIpc) is 2.74. The number of rotatable bonds is 3. The summed E-state index contributed by atoms with van der Waals surface area (Å²) in [5, 5.41) is 10.00. The second-order valence-corrected chi connectivity index (χ2v) is 7.40. The molecule has 0 spiro atoms. The zero-order valence-electron chi connectivity index (χ0n) is 11.7. The average molecular weight is 297 g/mol. The number of aromatic hydroxyl groups is 1. The van der Waals surface area contributed by atoms with Gasteiger partial charge in [-0.15, -0.1) is 0 Å². The maximum absolute atomic E-state index is 12.2. The SMILES string of the molecule is CCC(=O)N(c1cc(C)ccc1O)C1CCS(=O)(=O)C1. The third kappa shape index (κ3) is 2.95. The van der Waals surface area contributed by atoms with E-state index in [1.165, 1.54) is 11.0 Å². The monoisotopic (exact) mass is 297 g/mol. The van der Waals surface area contributed by atoms with E-state index in [0.717, 1.165) is 5.56 Å². The van der Waals surface area contributed by atoms with Crippen LogP contribution in [-0.2, 0) is 14.6 Å². The molecule has 0 radical (unpaired) electrons. The lowest BCUT2D eigenvalue weighted by Crippen LogP contribution is -2.41. The first-order valence-corrected chi connectivity index (χ1v) is 8.48. The Bertz CT molecular complexity index is 624. The van der Waals surface area contributed by atoms with Gasteiger partial charge in [0.15, 0.2) is 9.84 Å². The van der Waals surface area contributed by atoms with Crippen LogP contribution in [-0.4, -0.2) is 37.0 Å². The maximum Gasteiger partial charge on any atom is 0.227 e. The Morgan fingerprint density at radius 1 is 1.45 bits per heavy atom. The fourth-order valence-corrected chi connectivity index (χ4v) is 4.21. The van der Waals surface area contributed by atoms with Gasteiger partial charge >= 0.3 is 0 Å². The number of benzene rings is 1. The predicted octanol–water partition coefficient (Wildman–Crippen LogP) is 1.63. The van der Waals surface area contributed by atoms with Crippen molar-refractivity contribution in [3.05, 3.63) is 23.8 Å². The second kappa shape index (κ2) is 5.44. The molecule has 1 aromatic carbocycles. The number of anilines is 1. The molecular weight excluding hydrogens is 278 g/mol. The molecule has 1 aliphatic heterocycles. The van der Waals surface area contributed by atoms with E-state index in [9.17, 15) is 18.3 Å². The van der Waals surface area contributed by atoms with Crippen LogP contribution in [0, 0.1) is 6.92 Å². The number of sulfone groups is 1. The summed E-state index contributed by atoms with van der Waals surface area (Å²) in [7, 11) is -3.09. The standard InChI is InChI=1S/C14H19NO4S/c1-3-14(17)15(11-6-7-20(18,19)9-11)12-8-10(2)4-5-13(12)16/h4-5,8,11,16H,3,6-7,9H2,1-2H3. The van der Waals surface area contributed by atoms with Crippen molar-refractivity contribution >= 4 is 21.4 Å². The summed E-state index contributed by atoms with van der Waals surface area (Å²) in [5.74, 6) is -0.112. The topological polar surface area (TPSA) is 74.7 Å². The van der Waals surface area contributed by atoms with Crippen molar-refractivity contribution in [2.24, 2.45) is 0 Å². The second-order valence-electron chi connectivity index (χ2n) is 5.17. The third-order valence-corrected chi connectivity index (χ3v) is 5.29. The molecule has 1 aliphatic rings. The van der Waals surface area contributed by atoms with Gasteiger partial charge in [-0.1, -0.05) is 13.0 Å². The first-order chi connectivity index (χ1) is 9.34. The Hall–Kier alpha value is -1.56. The largest absolute Gasteiger partial charge is 0.506 e. The van der Waals surface area contributed by atoms with E-state index in [2.05, 4.69) is 0 Å². The van der Waals surface area contributed by atoms with E-state index in [-0.39, 0.29) is 35.6 Å². The number of aryl methyl sites for hydroxylation is 1. The highest BCUT2D eigenvalue weighted by Gasteiger charge is 2.35. The summed E-state index contributed by atoms with van der Waals surface area (Å²) in [5.41, 5.74) is 1.31. The van der Waals surface area contributed by atoms with Crippen molar-refractivity contribution in [2.45, 2.75) is 32.7 Å². The van der Waals surface area contributed by atoms with E-state index in [4.69, 9.17) is 0 Å². The number of carbonyl (C=O) groups is 1. The van der Waals surface area contributed by atoms with Crippen LogP contribution in [0.3, 0.4) is 0 Å². The normalized spacial score (nSPS) is 20.8. The van der Waals surface area contributed by atoms with E-state index in [1.807, 2.05) is 6.92 Å². The van der Waals surface area contributed by atoms with Crippen molar-refractivity contribution in [3.63, 3.8) is 0 Å². The van der Waals surface area contributed by atoms with Crippen LogP contribution in [0.2, 0.25) is 0 Å². The van der Waals surface area contributed by atoms with E-state index < -0.39 is 9.84 Å². The van der Waals surface area contributed by atoms with Crippen LogP contribution in [0.5, 0.6) is 5.75 Å². The van der Waals surface area contributed by atoms with Gasteiger partial charge in [0, 0.05) is 6.42 Å². The zero-order chi connectivity index (χ0) is 14.9. The van der Waals surface area contributed by atoms with Gasteiger partial charge in [0.2, 0.25) is 5.91 Å². The van der Waals surface area contributed by atoms with Gasteiger partial charge in [-0.2, -0.15) is 0 Å². The summed E-state index contributed by atoms with van der Waals surface area (Å²) in [6.45, 7) is 3.59. The minimum Gasteiger partial charge on any atom is -0.506 e. The molecule has 6 heteroatoms. The molecule has 1 aromatic rings. The van der Waals surface area contributed by atoms with Crippen LogP contribution in [0.25, 0.3) is 0 Å². The van der Waals surface area contributed by atoms with Crippen LogP contribution in [0.15, 0.2) is 18.2 Å². The Kier molecular flexibility index (Phi) is 4.04. The van der Waals surface area contributed by atoms with Crippen molar-refractivity contribution in [1.82, 2.24) is 0 Å². The zero-order valence-corrected chi connectivity index (χ0v) is 12.5. The fourth-order valence-electron chi connectivity index (χ4n) is 2.51. The Morgan fingerprint density at radius 2 is 2.15 bits per heavy atom. The predicted molar refractivity (Wildman–Crippen MR) is 77.7 cm³/mol. The summed E-state index contributed by atoms with van der Waals surface area (Å²) >= 11 is 0. The van der Waals surface area contributed by atoms with E-state index >= 15 is 0 Å². The smallest absolute Gasteiger partial charge is 0.227 e. The molecule has 0 bridgehead atoms. The van der Waals surface area contributed by atoms with Gasteiger partial charge in [0.25, 0.3) is 0 Å². The minimum absolute atomic E-state index is 0.00157. The number of phenolic OH excluding ortho intramolecular Hbond substituents is 1. The Morgan fingerprint density at radius 3 is 2.70 bits per heavy atom. The molecular formula is C14H19NO4S. The molecule has 1 atom stereocenters. The molecule has 1 heterocycles. The Labute approximate surface area is 119 Å². The number of nitrogens with zero attached hydrogens (tertiary/aromatic N) is 1. The molecule has 20 heavy (non-hydrogen) atoms. The van der Waals surface area contributed by atoms with Crippen LogP contribution in [0.1, 0.15) is 25.3 Å². The van der Waals surface area contributed by atoms with Gasteiger partial charge in [-0.25, -0.2) is 8.42 Å². The number of hydrogen-bond donors (Lipinski definition) is 1. The highest BCUT2D eigenvalue weighted by atomic mass is 32.2. The van der Waals surface area contributed by atoms with E-state index in [0.29, 0.717) is 12.1 Å². The molecule has 1 fully saturated rings. The van der Waals surface area contributed by atoms with Gasteiger partial charge in [-0.3, -0.25) is 4.79 Å². The van der Waals surface area contributed by atoms with Crippen molar-refractivity contribution in [2.75, 3.05) is 16.4 Å². The van der Waals surface area contributed by atoms with Gasteiger partial charge in [-0.05, 0) is 31.0 Å². The Balaban J connectivity index is 2.43. The van der Waals surface area contributed by atoms with E-state index in [1.54, 1.807) is 19.1 Å². The van der Waals surface area contributed by atoms with Gasteiger partial charge in [0.1, 0.15) is 5.75 Å². The summed E-state index contributed by atoms with van der Waals surface area (Å²) in [4.78, 5) is 13.6. The summed E-state index contributed by atoms with van der Waals surface area (Å²) < 4.78 is 23.3. The first kappa shape index (κ1) is 14.8. The van der Waals surface area contributed by atoms with Crippen LogP contribution < -0.4 is 4.90 Å². The number of phenols is 1. The lowest BCUT2D eigenvalue weighted by Gasteiger charge is -2.29. The molecule has 0 aliphatic carbocycles. The highest BCUT2D eigenvalue weighted by Crippen LogP contribution is 2.33. The first-order valence-electron chi connectivity index (χ1n) is 6.66. The molecule has 1 unspecified atom stereocenters. The molecule has 2 rings (SSSR count). The van der Waals surface area contributed by atoms with Crippen molar-refractivity contribution in [3.8, 4) is 5.75 Å². The number of carbonyl (C=O) groups excluding carboxylic acids is 1. The molecule has 0 aromatic heterocycles. The molecule has 110 valence electrons. The summed E-state index contributed by atoms with van der Waals surface area (Å²) in [6, 6.07) is 4.61. The van der Waals surface area contributed by atoms with Crippen LogP contribution >= 0.6 is 0 Å².